The number of nitrogens with one attached hydrogen (secondary N) is 1. The van der Waals surface area contributed by atoms with Gasteiger partial charge in [-0.3, -0.25) is 14.9 Å². The number of aryl methyl sites for hydroxylation is 1. The van der Waals surface area contributed by atoms with E-state index in [1.165, 1.54) is 36.4 Å². The molecule has 2 aromatic carbocycles. The molecule has 0 aliphatic heterocycles. The first-order valence-corrected chi connectivity index (χ1v) is 7.60. The average Bonchev–Trinajstić information content (AvgIpc) is 2.86. The Labute approximate surface area is 143 Å². The fourth-order valence-electron chi connectivity index (χ4n) is 2.31. The van der Waals surface area contributed by atoms with Crippen molar-refractivity contribution in [3.8, 4) is 0 Å². The third kappa shape index (κ3) is 2.88. The Kier molecular flexibility index (Phi) is 4.06. The van der Waals surface area contributed by atoms with Crippen LogP contribution in [0.2, 0.25) is 0 Å². The number of halogens is 2. The third-order valence-electron chi connectivity index (χ3n) is 3.52. The Hall–Kier alpha value is -2.74. The lowest BCUT2D eigenvalue weighted by Crippen LogP contribution is -2.12. The highest BCUT2D eigenvalue weighted by Gasteiger charge is 2.19. The van der Waals surface area contributed by atoms with E-state index in [9.17, 15) is 19.3 Å². The Morgan fingerprint density at radius 3 is 2.71 bits per heavy atom. The smallest absolute Gasteiger partial charge is 0.291 e. The van der Waals surface area contributed by atoms with Gasteiger partial charge in [-0.05, 0) is 47.1 Å². The summed E-state index contributed by atoms with van der Waals surface area (Å²) in [7, 11) is 0. The first-order valence-electron chi connectivity index (χ1n) is 6.81. The molecular formula is C16H10BrFN2O4. The molecule has 3 aromatic rings. The first kappa shape index (κ1) is 16.1. The molecule has 0 spiro atoms. The number of furan rings is 1. The molecule has 1 aromatic heterocycles. The molecule has 1 heterocycles. The van der Waals surface area contributed by atoms with E-state index in [1.54, 1.807) is 6.92 Å². The molecule has 0 saturated carbocycles. The van der Waals surface area contributed by atoms with Crippen molar-refractivity contribution in [1.29, 1.82) is 0 Å². The molecule has 0 aliphatic carbocycles. The van der Waals surface area contributed by atoms with Gasteiger partial charge in [-0.15, -0.1) is 0 Å². The normalized spacial score (nSPS) is 10.8. The number of non-ortho nitro benzene ring substituents is 1. The molecule has 1 amide bonds. The van der Waals surface area contributed by atoms with Crippen LogP contribution in [0.15, 0.2) is 45.3 Å². The van der Waals surface area contributed by atoms with Crippen LogP contribution in [-0.2, 0) is 0 Å². The first-order chi connectivity index (χ1) is 11.4. The molecular weight excluding hydrogens is 383 g/mol. The van der Waals surface area contributed by atoms with E-state index in [2.05, 4.69) is 21.2 Å². The number of nitrogens with zero attached hydrogens (tertiary/aromatic N) is 1. The summed E-state index contributed by atoms with van der Waals surface area (Å²) in [5.74, 6) is -0.893. The van der Waals surface area contributed by atoms with E-state index in [0.29, 0.717) is 26.7 Å². The lowest BCUT2D eigenvalue weighted by atomic mass is 10.1. The van der Waals surface area contributed by atoms with Crippen molar-refractivity contribution >= 4 is 44.2 Å². The van der Waals surface area contributed by atoms with E-state index in [1.807, 2.05) is 0 Å². The van der Waals surface area contributed by atoms with E-state index in [0.717, 1.165) is 0 Å². The standard InChI is InChI=1S/C16H10BrFN2O4/c1-8-11-6-9(18)2-5-14(11)24-15(8)16(21)19-13-4-3-10(20(22)23)7-12(13)17/h2-7H,1H3,(H,19,21). The highest BCUT2D eigenvalue weighted by Crippen LogP contribution is 2.30. The number of fused-ring (bicyclic) bond motifs is 1. The number of carbonyl (C=O) groups excluding carboxylic acids is 1. The summed E-state index contributed by atoms with van der Waals surface area (Å²) in [5, 5.41) is 13.9. The summed E-state index contributed by atoms with van der Waals surface area (Å²) in [5.41, 5.74) is 1.17. The second-order valence-electron chi connectivity index (χ2n) is 5.07. The van der Waals surface area contributed by atoms with Crippen LogP contribution in [0.25, 0.3) is 11.0 Å². The van der Waals surface area contributed by atoms with Crippen LogP contribution in [0.1, 0.15) is 16.1 Å². The van der Waals surface area contributed by atoms with Gasteiger partial charge in [-0.1, -0.05) is 0 Å². The van der Waals surface area contributed by atoms with Crippen LogP contribution in [0.3, 0.4) is 0 Å². The molecule has 0 fully saturated rings. The molecule has 0 radical (unpaired) electrons. The number of nitro benzene ring substituents is 1. The topological polar surface area (TPSA) is 85.4 Å². The predicted molar refractivity (Wildman–Crippen MR) is 89.7 cm³/mol. The SMILES string of the molecule is Cc1c(C(=O)Nc2ccc([N+](=O)[O-])cc2Br)oc2ccc(F)cc12. The van der Waals surface area contributed by atoms with Gasteiger partial charge in [0, 0.05) is 27.6 Å². The van der Waals surface area contributed by atoms with Crippen molar-refractivity contribution in [2.45, 2.75) is 6.92 Å². The zero-order valence-corrected chi connectivity index (χ0v) is 13.9. The maximum absolute atomic E-state index is 13.3. The van der Waals surface area contributed by atoms with Crippen molar-refractivity contribution in [2.75, 3.05) is 5.32 Å². The minimum Gasteiger partial charge on any atom is -0.451 e. The number of benzene rings is 2. The Morgan fingerprint density at radius 1 is 1.29 bits per heavy atom. The van der Waals surface area contributed by atoms with Gasteiger partial charge in [0.15, 0.2) is 5.76 Å². The maximum atomic E-state index is 13.3. The summed E-state index contributed by atoms with van der Waals surface area (Å²) in [6.07, 6.45) is 0. The molecule has 24 heavy (non-hydrogen) atoms. The number of nitro groups is 1. The maximum Gasteiger partial charge on any atom is 0.291 e. The molecule has 0 unspecified atom stereocenters. The van der Waals surface area contributed by atoms with Gasteiger partial charge < -0.3 is 9.73 Å². The summed E-state index contributed by atoms with van der Waals surface area (Å²) in [6, 6.07) is 7.98. The van der Waals surface area contributed by atoms with Crippen molar-refractivity contribution < 1.29 is 18.5 Å². The fraction of sp³-hybridized carbons (Fsp3) is 0.0625. The van der Waals surface area contributed by atoms with Gasteiger partial charge in [-0.25, -0.2) is 4.39 Å². The number of amides is 1. The number of carbonyl (C=O) groups is 1. The minimum atomic E-state index is -0.533. The molecule has 1 N–H and O–H groups in total. The second-order valence-corrected chi connectivity index (χ2v) is 5.93. The number of rotatable bonds is 3. The quantitative estimate of drug-likeness (QED) is 0.512. The van der Waals surface area contributed by atoms with Crippen molar-refractivity contribution in [3.05, 3.63) is 68.1 Å². The van der Waals surface area contributed by atoms with E-state index >= 15 is 0 Å². The van der Waals surface area contributed by atoms with Gasteiger partial charge in [0.2, 0.25) is 0 Å². The highest BCUT2D eigenvalue weighted by atomic mass is 79.9. The molecule has 8 heteroatoms. The van der Waals surface area contributed by atoms with Gasteiger partial charge in [0.1, 0.15) is 11.4 Å². The summed E-state index contributed by atoms with van der Waals surface area (Å²) in [4.78, 5) is 22.6. The lowest BCUT2D eigenvalue weighted by molar-refractivity contribution is -0.384. The van der Waals surface area contributed by atoms with Gasteiger partial charge >= 0.3 is 0 Å². The lowest BCUT2D eigenvalue weighted by Gasteiger charge is -2.06. The van der Waals surface area contributed by atoms with Crippen molar-refractivity contribution in [3.63, 3.8) is 0 Å². The van der Waals surface area contributed by atoms with Crippen LogP contribution in [0.4, 0.5) is 15.8 Å². The van der Waals surface area contributed by atoms with Gasteiger partial charge in [0.25, 0.3) is 11.6 Å². The van der Waals surface area contributed by atoms with Crippen molar-refractivity contribution in [2.24, 2.45) is 0 Å². The molecule has 0 bridgehead atoms. The van der Waals surface area contributed by atoms with Crippen LogP contribution < -0.4 is 5.32 Å². The zero-order chi connectivity index (χ0) is 17.4. The minimum absolute atomic E-state index is 0.0563. The predicted octanol–water partition coefficient (Wildman–Crippen LogP) is 4.80. The van der Waals surface area contributed by atoms with Crippen LogP contribution in [0.5, 0.6) is 0 Å². The van der Waals surface area contributed by atoms with Crippen molar-refractivity contribution in [1.82, 2.24) is 0 Å². The number of hydrogen-bond acceptors (Lipinski definition) is 4. The molecule has 122 valence electrons. The van der Waals surface area contributed by atoms with Crippen LogP contribution in [-0.4, -0.2) is 10.8 Å². The highest BCUT2D eigenvalue weighted by molar-refractivity contribution is 9.10. The molecule has 0 atom stereocenters. The summed E-state index contributed by atoms with van der Waals surface area (Å²) < 4.78 is 19.2. The molecule has 0 saturated heterocycles. The van der Waals surface area contributed by atoms with E-state index < -0.39 is 16.6 Å². The fourth-order valence-corrected chi connectivity index (χ4v) is 2.77. The van der Waals surface area contributed by atoms with E-state index in [4.69, 9.17) is 4.42 Å². The zero-order valence-electron chi connectivity index (χ0n) is 12.3. The molecule has 3 rings (SSSR count). The largest absolute Gasteiger partial charge is 0.451 e. The van der Waals surface area contributed by atoms with Crippen LogP contribution in [0, 0.1) is 22.9 Å². The number of anilines is 1. The third-order valence-corrected chi connectivity index (χ3v) is 4.17. The molecule has 0 aliphatic rings. The number of hydrogen-bond donors (Lipinski definition) is 1. The Morgan fingerprint density at radius 2 is 2.04 bits per heavy atom. The summed E-state index contributed by atoms with van der Waals surface area (Å²) in [6.45, 7) is 1.66. The summed E-state index contributed by atoms with van der Waals surface area (Å²) >= 11 is 3.18. The van der Waals surface area contributed by atoms with Crippen LogP contribution >= 0.6 is 15.9 Å². The monoisotopic (exact) mass is 392 g/mol. The Bertz CT molecular complexity index is 984. The van der Waals surface area contributed by atoms with Gasteiger partial charge in [-0.2, -0.15) is 0 Å². The van der Waals surface area contributed by atoms with E-state index in [-0.39, 0.29) is 11.4 Å². The molecule has 6 nitrogen and oxygen atoms in total. The average molecular weight is 393 g/mol. The van der Waals surface area contributed by atoms with Gasteiger partial charge in [0.05, 0.1) is 10.6 Å². The second kappa shape index (κ2) is 6.04. The Balaban J connectivity index is 1.93.